The fourth-order valence-corrected chi connectivity index (χ4v) is 3.63. The van der Waals surface area contributed by atoms with E-state index in [0.717, 1.165) is 4.90 Å². The highest BCUT2D eigenvalue weighted by Gasteiger charge is 2.53. The van der Waals surface area contributed by atoms with Gasteiger partial charge < -0.3 is 4.74 Å². The van der Waals surface area contributed by atoms with Crippen molar-refractivity contribution in [2.75, 3.05) is 0 Å². The first-order valence-corrected chi connectivity index (χ1v) is 7.49. The number of Topliss-reactive ketones (excluding diaryl/α,β-unsaturated/α-hetero) is 1. The van der Waals surface area contributed by atoms with Crippen molar-refractivity contribution < 1.29 is 19.1 Å². The summed E-state index contributed by atoms with van der Waals surface area (Å²) in [6.45, 7) is 0. The monoisotopic (exact) mass is 347 g/mol. The van der Waals surface area contributed by atoms with Crippen LogP contribution in [0.15, 0.2) is 36.4 Å². The van der Waals surface area contributed by atoms with Crippen LogP contribution in [0.25, 0.3) is 0 Å². The smallest absolute Gasteiger partial charge is 0.262 e. The molecule has 6 heteroatoms. The molecule has 3 heterocycles. The summed E-state index contributed by atoms with van der Waals surface area (Å²) in [6, 6.07) is 5.69. The van der Waals surface area contributed by atoms with Crippen LogP contribution in [0, 0.1) is 0 Å². The minimum absolute atomic E-state index is 0.198. The molecule has 4 rings (SSSR count). The summed E-state index contributed by atoms with van der Waals surface area (Å²) < 4.78 is 5.68. The molecule has 21 heavy (non-hydrogen) atoms. The number of nitrogens with zero attached hydrogens (tertiary/aromatic N) is 1. The Kier molecular flexibility index (Phi) is 2.68. The molecule has 2 amide bonds. The van der Waals surface area contributed by atoms with Crippen LogP contribution in [0.5, 0.6) is 0 Å². The molecule has 3 aliphatic rings. The van der Waals surface area contributed by atoms with Crippen molar-refractivity contribution >= 4 is 33.5 Å². The number of hydrogen-bond donors (Lipinski definition) is 0. The molecule has 2 bridgehead atoms. The van der Waals surface area contributed by atoms with E-state index in [0.29, 0.717) is 11.1 Å². The van der Waals surface area contributed by atoms with Crippen molar-refractivity contribution in [2.24, 2.45) is 0 Å². The van der Waals surface area contributed by atoms with Gasteiger partial charge in [-0.05, 0) is 12.1 Å². The molecule has 1 aromatic carbocycles. The molecule has 0 spiro atoms. The van der Waals surface area contributed by atoms with Gasteiger partial charge in [-0.2, -0.15) is 0 Å². The molecule has 106 valence electrons. The predicted molar refractivity (Wildman–Crippen MR) is 76.3 cm³/mol. The van der Waals surface area contributed by atoms with Crippen LogP contribution in [0.4, 0.5) is 0 Å². The van der Waals surface area contributed by atoms with Gasteiger partial charge in [-0.25, -0.2) is 0 Å². The van der Waals surface area contributed by atoms with E-state index in [1.165, 1.54) is 0 Å². The minimum Gasteiger partial charge on any atom is -0.363 e. The highest BCUT2D eigenvalue weighted by Crippen LogP contribution is 2.35. The summed E-state index contributed by atoms with van der Waals surface area (Å²) in [6.07, 6.45) is 2.66. The average Bonchev–Trinajstić information content (AvgIpc) is 3.03. The largest absolute Gasteiger partial charge is 0.363 e. The fourth-order valence-electron chi connectivity index (χ4n) is 3.06. The molecule has 1 aromatic rings. The van der Waals surface area contributed by atoms with E-state index in [4.69, 9.17) is 4.74 Å². The normalized spacial score (nSPS) is 33.8. The zero-order valence-corrected chi connectivity index (χ0v) is 12.3. The second kappa shape index (κ2) is 4.35. The van der Waals surface area contributed by atoms with Gasteiger partial charge in [-0.1, -0.05) is 40.2 Å². The van der Waals surface area contributed by atoms with E-state index in [1.807, 2.05) is 0 Å². The van der Waals surface area contributed by atoms with E-state index in [-0.39, 0.29) is 11.9 Å². The Morgan fingerprint density at radius 2 is 1.52 bits per heavy atom. The Morgan fingerprint density at radius 3 is 2.14 bits per heavy atom. The third-order valence-corrected chi connectivity index (χ3v) is 5.04. The van der Waals surface area contributed by atoms with E-state index < -0.39 is 28.8 Å². The summed E-state index contributed by atoms with van der Waals surface area (Å²) in [5, 5.41) is 0. The van der Waals surface area contributed by atoms with Gasteiger partial charge in [0, 0.05) is 0 Å². The maximum atomic E-state index is 12.5. The molecule has 1 saturated heterocycles. The number of carbonyl (C=O) groups excluding carboxylic acids is 3. The number of carbonyl (C=O) groups is 3. The molecular weight excluding hydrogens is 338 g/mol. The standard InChI is InChI=1S/C15H10BrNO4/c16-11-9-5-6-10(21-9)12(13(11)18)17-14(19)7-3-1-2-4-8(7)15(17)20/h1-6,9-12H/t9-,10+,11-,12-/m1/s1. The van der Waals surface area contributed by atoms with Crippen molar-refractivity contribution in [1.29, 1.82) is 0 Å². The molecular formula is C15H10BrNO4. The third-order valence-electron chi connectivity index (χ3n) is 4.07. The Labute approximate surface area is 128 Å². The van der Waals surface area contributed by atoms with Crippen LogP contribution in [0.3, 0.4) is 0 Å². The first kappa shape index (κ1) is 12.9. The van der Waals surface area contributed by atoms with Crippen LogP contribution >= 0.6 is 15.9 Å². The third kappa shape index (κ3) is 1.63. The summed E-state index contributed by atoms with van der Waals surface area (Å²) in [5.41, 5.74) is 0.677. The zero-order valence-electron chi connectivity index (χ0n) is 10.7. The van der Waals surface area contributed by atoms with Gasteiger partial charge in [0.15, 0.2) is 5.78 Å². The van der Waals surface area contributed by atoms with E-state index >= 15 is 0 Å². The van der Waals surface area contributed by atoms with Crippen LogP contribution in [-0.2, 0) is 9.53 Å². The summed E-state index contributed by atoms with van der Waals surface area (Å²) in [4.78, 5) is 38.0. The molecule has 4 atom stereocenters. The number of rotatable bonds is 1. The Bertz CT molecular complexity index is 678. The summed E-state index contributed by atoms with van der Waals surface area (Å²) >= 11 is 3.29. The molecule has 0 aromatic heterocycles. The molecule has 5 nitrogen and oxygen atoms in total. The number of fused-ring (bicyclic) bond motifs is 3. The summed E-state index contributed by atoms with van der Waals surface area (Å²) in [5.74, 6) is -1.07. The second-order valence-corrected chi connectivity index (χ2v) is 6.21. The minimum atomic E-state index is -0.906. The van der Waals surface area contributed by atoms with E-state index in [2.05, 4.69) is 15.9 Å². The molecule has 0 unspecified atom stereocenters. The Morgan fingerprint density at radius 1 is 0.952 bits per heavy atom. The molecule has 0 radical (unpaired) electrons. The van der Waals surface area contributed by atoms with Crippen LogP contribution in [0.1, 0.15) is 20.7 Å². The maximum Gasteiger partial charge on any atom is 0.262 e. The van der Waals surface area contributed by atoms with Crippen molar-refractivity contribution in [2.45, 2.75) is 23.1 Å². The van der Waals surface area contributed by atoms with Gasteiger partial charge in [-0.3, -0.25) is 19.3 Å². The lowest BCUT2D eigenvalue weighted by Crippen LogP contribution is -2.58. The topological polar surface area (TPSA) is 63.7 Å². The first-order valence-electron chi connectivity index (χ1n) is 6.58. The highest BCUT2D eigenvalue weighted by atomic mass is 79.9. The quantitative estimate of drug-likeness (QED) is 0.436. The number of amides is 2. The number of alkyl halides is 1. The molecule has 3 aliphatic heterocycles. The van der Waals surface area contributed by atoms with Gasteiger partial charge >= 0.3 is 0 Å². The number of halogens is 1. The van der Waals surface area contributed by atoms with Crippen LogP contribution in [0.2, 0.25) is 0 Å². The molecule has 0 saturated carbocycles. The van der Waals surface area contributed by atoms with Gasteiger partial charge in [0.05, 0.1) is 17.2 Å². The second-order valence-electron chi connectivity index (χ2n) is 5.23. The highest BCUT2D eigenvalue weighted by molar-refractivity contribution is 9.10. The Hall–Kier alpha value is -1.79. The fraction of sp³-hybridized carbons (Fsp3) is 0.267. The lowest BCUT2D eigenvalue weighted by molar-refractivity contribution is -0.134. The first-order chi connectivity index (χ1) is 10.1. The van der Waals surface area contributed by atoms with Gasteiger partial charge in [0.2, 0.25) is 0 Å². The van der Waals surface area contributed by atoms with Crippen molar-refractivity contribution in [3.8, 4) is 0 Å². The van der Waals surface area contributed by atoms with Gasteiger partial charge in [0.1, 0.15) is 17.0 Å². The lowest BCUT2D eigenvalue weighted by atomic mass is 10.00. The molecule has 0 N–H and O–H groups in total. The van der Waals surface area contributed by atoms with E-state index in [9.17, 15) is 14.4 Å². The van der Waals surface area contributed by atoms with Crippen LogP contribution < -0.4 is 0 Å². The molecule has 0 aliphatic carbocycles. The van der Waals surface area contributed by atoms with E-state index in [1.54, 1.807) is 36.4 Å². The summed E-state index contributed by atoms with van der Waals surface area (Å²) in [7, 11) is 0. The average molecular weight is 348 g/mol. The SMILES string of the molecule is O=C1[C@H](Br)[C@H]2C=C[C@H](O2)[C@H]1N1C(=O)c2ccccc2C1=O. The maximum absolute atomic E-state index is 12.5. The lowest BCUT2D eigenvalue weighted by Gasteiger charge is -2.35. The predicted octanol–water partition coefficient (Wildman–Crippen LogP) is 1.32. The van der Waals surface area contributed by atoms with Gasteiger partial charge in [0.25, 0.3) is 11.8 Å². The van der Waals surface area contributed by atoms with Crippen molar-refractivity contribution in [3.63, 3.8) is 0 Å². The number of imide groups is 1. The van der Waals surface area contributed by atoms with Crippen molar-refractivity contribution in [1.82, 2.24) is 4.90 Å². The van der Waals surface area contributed by atoms with Crippen molar-refractivity contribution in [3.05, 3.63) is 47.5 Å². The number of benzene rings is 1. The zero-order chi connectivity index (χ0) is 14.7. The Balaban J connectivity index is 1.78. The molecule has 1 fully saturated rings. The van der Waals surface area contributed by atoms with Crippen LogP contribution in [-0.4, -0.2) is 45.6 Å². The van der Waals surface area contributed by atoms with Gasteiger partial charge in [-0.15, -0.1) is 0 Å². The number of ether oxygens (including phenoxy) is 1. The number of hydrogen-bond acceptors (Lipinski definition) is 4. The number of ketones is 1.